The van der Waals surface area contributed by atoms with Crippen molar-refractivity contribution in [2.75, 3.05) is 33.2 Å². The van der Waals surface area contributed by atoms with Crippen molar-refractivity contribution in [1.82, 2.24) is 15.1 Å². The van der Waals surface area contributed by atoms with Crippen molar-refractivity contribution >= 4 is 29.4 Å². The molecule has 2 N–H and O–H groups in total. The van der Waals surface area contributed by atoms with Gasteiger partial charge in [-0.1, -0.05) is 6.92 Å². The first-order valence-electron chi connectivity index (χ1n) is 9.56. The van der Waals surface area contributed by atoms with Gasteiger partial charge in [-0.15, -0.1) is 0 Å². The Morgan fingerprint density at radius 2 is 1.83 bits per heavy atom. The maximum atomic E-state index is 13.0. The van der Waals surface area contributed by atoms with Gasteiger partial charge in [0.2, 0.25) is 11.7 Å². The van der Waals surface area contributed by atoms with Crippen LogP contribution in [-0.4, -0.2) is 49.5 Å². The Morgan fingerprint density at radius 1 is 1.13 bits per heavy atom. The number of aromatic nitrogens is 2. The highest BCUT2D eigenvalue weighted by molar-refractivity contribution is 7.98. The molecule has 0 saturated carbocycles. The second kappa shape index (κ2) is 9.75. The summed E-state index contributed by atoms with van der Waals surface area (Å²) in [6.07, 6.45) is 0.850. The van der Waals surface area contributed by atoms with Gasteiger partial charge >= 0.3 is 0 Å². The summed E-state index contributed by atoms with van der Waals surface area (Å²) in [7, 11) is 4.49. The van der Waals surface area contributed by atoms with Crippen LogP contribution in [0.15, 0.2) is 12.1 Å². The first kappa shape index (κ1) is 21.8. The molecule has 0 saturated heterocycles. The fourth-order valence-corrected chi connectivity index (χ4v) is 4.20. The number of thioether (sulfide) groups is 1. The summed E-state index contributed by atoms with van der Waals surface area (Å²) < 4.78 is 17.5. The molecule has 2 aromatic rings. The van der Waals surface area contributed by atoms with E-state index in [0.29, 0.717) is 35.2 Å². The molecule has 0 bridgehead atoms. The lowest BCUT2D eigenvalue weighted by Gasteiger charge is -2.15. The molecular weight excluding hydrogens is 408 g/mol. The molecule has 0 spiro atoms. The summed E-state index contributed by atoms with van der Waals surface area (Å²) in [4.78, 5) is 25.3. The van der Waals surface area contributed by atoms with Crippen molar-refractivity contribution in [1.29, 1.82) is 0 Å². The van der Waals surface area contributed by atoms with Crippen LogP contribution in [0.5, 0.6) is 17.2 Å². The molecule has 0 aliphatic carbocycles. The second-order valence-electron chi connectivity index (χ2n) is 6.64. The van der Waals surface area contributed by atoms with Crippen LogP contribution in [-0.2, 0) is 22.8 Å². The van der Waals surface area contributed by atoms with Crippen molar-refractivity contribution < 1.29 is 23.8 Å². The minimum atomic E-state index is -0.357. The Kier molecular flexibility index (Phi) is 7.09. The van der Waals surface area contributed by atoms with Gasteiger partial charge in [0.1, 0.15) is 12.4 Å². The van der Waals surface area contributed by atoms with Crippen molar-refractivity contribution in [2.24, 2.45) is 0 Å². The number of nitrogens with one attached hydrogen (secondary N) is 2. The number of hydrogen-bond donors (Lipinski definition) is 2. The van der Waals surface area contributed by atoms with Crippen LogP contribution in [0.25, 0.3) is 0 Å². The Morgan fingerprint density at radius 3 is 2.43 bits per heavy atom. The van der Waals surface area contributed by atoms with Crippen LogP contribution in [0.3, 0.4) is 0 Å². The molecule has 162 valence electrons. The number of amides is 2. The van der Waals surface area contributed by atoms with E-state index in [1.54, 1.807) is 28.6 Å². The summed E-state index contributed by atoms with van der Waals surface area (Å²) in [5.41, 5.74) is 2.18. The number of nitrogens with zero attached hydrogens (tertiary/aromatic N) is 2. The maximum absolute atomic E-state index is 13.0. The van der Waals surface area contributed by atoms with Gasteiger partial charge in [-0.2, -0.15) is 16.9 Å². The fraction of sp³-hybridized carbons (Fsp3) is 0.450. The largest absolute Gasteiger partial charge is 0.493 e. The second-order valence-corrected chi connectivity index (χ2v) is 7.63. The van der Waals surface area contributed by atoms with Gasteiger partial charge < -0.3 is 24.8 Å². The third-order valence-electron chi connectivity index (χ3n) is 4.64. The van der Waals surface area contributed by atoms with Crippen LogP contribution in [0, 0.1) is 0 Å². The zero-order chi connectivity index (χ0) is 21.7. The van der Waals surface area contributed by atoms with Crippen LogP contribution < -0.4 is 24.8 Å². The molecular formula is C20H26N4O5S. The van der Waals surface area contributed by atoms with E-state index in [9.17, 15) is 9.59 Å². The summed E-state index contributed by atoms with van der Waals surface area (Å²) in [6, 6.07) is 3.17. The van der Waals surface area contributed by atoms with Crippen molar-refractivity contribution in [3.8, 4) is 17.2 Å². The van der Waals surface area contributed by atoms with Gasteiger partial charge in [-0.25, -0.2) is 4.68 Å². The molecule has 1 aromatic carbocycles. The molecule has 3 rings (SSSR count). The number of carbonyl (C=O) groups excluding carboxylic acids is 2. The molecule has 1 aromatic heterocycles. The van der Waals surface area contributed by atoms with Crippen LogP contribution >= 0.6 is 11.8 Å². The molecule has 2 heterocycles. The number of benzene rings is 1. The summed E-state index contributed by atoms with van der Waals surface area (Å²) in [6.45, 7) is 2.63. The van der Waals surface area contributed by atoms with E-state index in [4.69, 9.17) is 14.2 Å². The SMILES string of the molecule is CCCNC(=O)Cn1nc2c(c1NC(=O)c1cc(OC)c(OC)c(OC)c1)CSC2. The Bertz CT molecular complexity index is 919. The summed E-state index contributed by atoms with van der Waals surface area (Å²) in [5.74, 6) is 2.71. The molecule has 30 heavy (non-hydrogen) atoms. The molecule has 0 fully saturated rings. The lowest BCUT2D eigenvalue weighted by molar-refractivity contribution is -0.121. The molecule has 0 atom stereocenters. The normalized spacial score (nSPS) is 12.3. The van der Waals surface area contributed by atoms with E-state index in [-0.39, 0.29) is 18.4 Å². The molecule has 1 aliphatic heterocycles. The smallest absolute Gasteiger partial charge is 0.257 e. The lowest BCUT2D eigenvalue weighted by atomic mass is 10.1. The van der Waals surface area contributed by atoms with Gasteiger partial charge in [0, 0.05) is 29.2 Å². The molecule has 1 aliphatic rings. The van der Waals surface area contributed by atoms with E-state index >= 15 is 0 Å². The minimum absolute atomic E-state index is 0.0442. The molecule has 9 nitrogen and oxygen atoms in total. The predicted molar refractivity (Wildman–Crippen MR) is 115 cm³/mol. The number of hydrogen-bond acceptors (Lipinski definition) is 7. The van der Waals surface area contributed by atoms with E-state index in [2.05, 4.69) is 15.7 Å². The Labute approximate surface area is 179 Å². The lowest BCUT2D eigenvalue weighted by Crippen LogP contribution is -2.29. The third kappa shape index (κ3) is 4.48. The van der Waals surface area contributed by atoms with Crippen LogP contribution in [0.2, 0.25) is 0 Å². The molecule has 0 radical (unpaired) electrons. The van der Waals surface area contributed by atoms with Gasteiger partial charge in [0.05, 0.1) is 27.0 Å². The maximum Gasteiger partial charge on any atom is 0.257 e. The van der Waals surface area contributed by atoms with E-state index in [1.807, 2.05) is 6.92 Å². The number of fused-ring (bicyclic) bond motifs is 1. The molecule has 10 heteroatoms. The number of ether oxygens (including phenoxy) is 3. The average molecular weight is 435 g/mol. The highest BCUT2D eigenvalue weighted by atomic mass is 32.2. The Balaban J connectivity index is 1.89. The topological polar surface area (TPSA) is 104 Å². The highest BCUT2D eigenvalue weighted by Gasteiger charge is 2.26. The Hall–Kier alpha value is -2.88. The number of methoxy groups -OCH3 is 3. The van der Waals surface area contributed by atoms with Gasteiger partial charge in [-0.05, 0) is 18.6 Å². The van der Waals surface area contributed by atoms with E-state index in [1.165, 1.54) is 21.3 Å². The average Bonchev–Trinajstić information content (AvgIpc) is 3.33. The highest BCUT2D eigenvalue weighted by Crippen LogP contribution is 2.39. The monoisotopic (exact) mass is 434 g/mol. The summed E-state index contributed by atoms with van der Waals surface area (Å²) >= 11 is 1.72. The third-order valence-corrected chi connectivity index (χ3v) is 5.61. The standard InChI is InChI=1S/C20H26N4O5S/c1-5-6-21-17(25)9-24-19(13-10-30-11-14(13)23-24)22-20(26)12-7-15(27-2)18(29-4)16(8-12)28-3/h7-8H,5-6,9-11H2,1-4H3,(H,21,25)(H,22,26). The van der Waals surface area contributed by atoms with Crippen LogP contribution in [0.4, 0.5) is 5.82 Å². The van der Waals surface area contributed by atoms with E-state index in [0.717, 1.165) is 29.2 Å². The number of carbonyl (C=O) groups is 2. The first-order chi connectivity index (χ1) is 14.5. The van der Waals surface area contributed by atoms with Gasteiger partial charge in [-0.3, -0.25) is 9.59 Å². The van der Waals surface area contributed by atoms with Crippen LogP contribution in [0.1, 0.15) is 35.0 Å². The molecule has 0 unspecified atom stereocenters. The fourth-order valence-electron chi connectivity index (χ4n) is 3.17. The summed E-state index contributed by atoms with van der Waals surface area (Å²) in [5, 5.41) is 10.3. The van der Waals surface area contributed by atoms with Gasteiger partial charge in [0.15, 0.2) is 11.5 Å². The first-order valence-corrected chi connectivity index (χ1v) is 10.7. The predicted octanol–water partition coefficient (Wildman–Crippen LogP) is 2.43. The van der Waals surface area contributed by atoms with Crippen molar-refractivity contribution in [3.05, 3.63) is 29.0 Å². The number of rotatable bonds is 9. The van der Waals surface area contributed by atoms with Crippen molar-refractivity contribution in [2.45, 2.75) is 31.4 Å². The minimum Gasteiger partial charge on any atom is -0.493 e. The van der Waals surface area contributed by atoms with E-state index < -0.39 is 0 Å². The quantitative estimate of drug-likeness (QED) is 0.625. The van der Waals surface area contributed by atoms with Gasteiger partial charge in [0.25, 0.3) is 5.91 Å². The zero-order valence-corrected chi connectivity index (χ0v) is 18.4. The zero-order valence-electron chi connectivity index (χ0n) is 17.5. The number of anilines is 1. The van der Waals surface area contributed by atoms with Crippen molar-refractivity contribution in [3.63, 3.8) is 0 Å². The molecule has 2 amide bonds.